The van der Waals surface area contributed by atoms with Gasteiger partial charge in [0.1, 0.15) is 6.54 Å². The lowest BCUT2D eigenvalue weighted by atomic mass is 10.1. The summed E-state index contributed by atoms with van der Waals surface area (Å²) in [6.07, 6.45) is 9.07. The van der Waals surface area contributed by atoms with Crippen molar-refractivity contribution in [3.63, 3.8) is 0 Å². The molecular formula is C20H33N7O2. The van der Waals surface area contributed by atoms with Gasteiger partial charge < -0.3 is 25.2 Å². The van der Waals surface area contributed by atoms with Gasteiger partial charge in [0, 0.05) is 58.8 Å². The molecule has 1 atom stereocenters. The van der Waals surface area contributed by atoms with Crippen LogP contribution in [0.15, 0.2) is 23.5 Å². The van der Waals surface area contributed by atoms with Crippen molar-refractivity contribution in [1.29, 1.82) is 0 Å². The van der Waals surface area contributed by atoms with E-state index in [-0.39, 0.29) is 18.6 Å². The third kappa shape index (κ3) is 6.85. The van der Waals surface area contributed by atoms with E-state index in [1.165, 1.54) is 6.42 Å². The molecule has 9 nitrogen and oxygen atoms in total. The van der Waals surface area contributed by atoms with Crippen LogP contribution >= 0.6 is 0 Å². The maximum Gasteiger partial charge on any atom is 0.243 e. The number of hydrogen-bond acceptors (Lipinski definition) is 6. The molecule has 1 amide bonds. The largest absolute Gasteiger partial charge is 0.376 e. The molecule has 1 aromatic rings. The monoisotopic (exact) mass is 403 g/mol. The van der Waals surface area contributed by atoms with Crippen LogP contribution in [0.2, 0.25) is 0 Å². The fourth-order valence-electron chi connectivity index (χ4n) is 3.49. The lowest BCUT2D eigenvalue weighted by Gasteiger charge is -2.33. The van der Waals surface area contributed by atoms with Crippen LogP contribution in [0.25, 0.3) is 0 Å². The number of carbonyl (C=O) groups excluding carboxylic acids is 1. The van der Waals surface area contributed by atoms with Gasteiger partial charge in [-0.3, -0.25) is 4.79 Å². The number of aromatic nitrogens is 2. The molecule has 2 fully saturated rings. The van der Waals surface area contributed by atoms with Crippen LogP contribution in [0, 0.1) is 0 Å². The highest BCUT2D eigenvalue weighted by Crippen LogP contribution is 2.15. The molecule has 9 heteroatoms. The number of piperidine rings is 1. The highest BCUT2D eigenvalue weighted by atomic mass is 16.5. The van der Waals surface area contributed by atoms with Crippen molar-refractivity contribution < 1.29 is 9.53 Å². The molecule has 2 aliphatic rings. The Hall–Kier alpha value is -2.42. The maximum absolute atomic E-state index is 12.0. The lowest BCUT2D eigenvalue weighted by molar-refractivity contribution is -0.127. The van der Waals surface area contributed by atoms with Gasteiger partial charge in [0.2, 0.25) is 11.9 Å². The van der Waals surface area contributed by atoms with Gasteiger partial charge in [0.15, 0.2) is 5.96 Å². The smallest absolute Gasteiger partial charge is 0.243 e. The van der Waals surface area contributed by atoms with Crippen LogP contribution in [0.5, 0.6) is 0 Å². The summed E-state index contributed by atoms with van der Waals surface area (Å²) in [5.74, 6) is 1.45. The fraction of sp³-hybridized carbons (Fsp3) is 0.700. The van der Waals surface area contributed by atoms with Gasteiger partial charge in [-0.05, 0) is 38.2 Å². The van der Waals surface area contributed by atoms with Crippen LogP contribution in [0.4, 0.5) is 5.95 Å². The number of aliphatic imine (C=N–C) groups is 1. The van der Waals surface area contributed by atoms with Crippen molar-refractivity contribution in [1.82, 2.24) is 25.5 Å². The van der Waals surface area contributed by atoms with Gasteiger partial charge in [0.25, 0.3) is 0 Å². The third-order valence-electron chi connectivity index (χ3n) is 5.31. The SMILES string of the molecule is CN(C)C(=O)CN=C(NCC1CCCCO1)NC1CCN(c2ncccn2)CC1. The maximum atomic E-state index is 12.0. The summed E-state index contributed by atoms with van der Waals surface area (Å²) in [6.45, 7) is 3.43. The molecule has 0 aromatic carbocycles. The fourth-order valence-corrected chi connectivity index (χ4v) is 3.49. The number of carbonyl (C=O) groups is 1. The Bertz CT molecular complexity index is 654. The Balaban J connectivity index is 1.52. The van der Waals surface area contributed by atoms with E-state index in [1.54, 1.807) is 31.4 Å². The molecule has 2 saturated heterocycles. The Morgan fingerprint density at radius 3 is 2.66 bits per heavy atom. The predicted octanol–water partition coefficient (Wildman–Crippen LogP) is 0.638. The van der Waals surface area contributed by atoms with Crippen molar-refractivity contribution in [3.8, 4) is 0 Å². The van der Waals surface area contributed by atoms with Gasteiger partial charge in [0.05, 0.1) is 6.10 Å². The zero-order chi connectivity index (χ0) is 20.5. The first-order valence-electron chi connectivity index (χ1n) is 10.5. The number of amides is 1. The van der Waals surface area contributed by atoms with Crippen molar-refractivity contribution in [2.24, 2.45) is 4.99 Å². The van der Waals surface area contributed by atoms with E-state index in [2.05, 4.69) is 30.5 Å². The van der Waals surface area contributed by atoms with Crippen LogP contribution in [-0.2, 0) is 9.53 Å². The molecule has 2 aliphatic heterocycles. The van der Waals surface area contributed by atoms with Crippen LogP contribution in [0.1, 0.15) is 32.1 Å². The summed E-state index contributed by atoms with van der Waals surface area (Å²) in [7, 11) is 3.49. The summed E-state index contributed by atoms with van der Waals surface area (Å²) in [5, 5.41) is 6.89. The first-order chi connectivity index (χ1) is 14.1. The Labute approximate surface area is 172 Å². The number of nitrogens with one attached hydrogen (secondary N) is 2. The second kappa shape index (κ2) is 10.9. The van der Waals surface area contributed by atoms with Crippen molar-refractivity contribution in [3.05, 3.63) is 18.5 Å². The van der Waals surface area contributed by atoms with Crippen molar-refractivity contribution >= 4 is 17.8 Å². The quantitative estimate of drug-likeness (QED) is 0.532. The molecule has 0 saturated carbocycles. The number of guanidine groups is 1. The van der Waals surface area contributed by atoms with Crippen molar-refractivity contribution in [2.45, 2.75) is 44.2 Å². The molecule has 3 heterocycles. The number of hydrogen-bond donors (Lipinski definition) is 2. The van der Waals surface area contributed by atoms with Gasteiger partial charge in [-0.15, -0.1) is 0 Å². The van der Waals surface area contributed by atoms with E-state index < -0.39 is 0 Å². The molecule has 160 valence electrons. The topological polar surface area (TPSA) is 95.0 Å². The molecule has 1 unspecified atom stereocenters. The van der Waals surface area contributed by atoms with Gasteiger partial charge >= 0.3 is 0 Å². The molecule has 0 aliphatic carbocycles. The summed E-state index contributed by atoms with van der Waals surface area (Å²) in [5.41, 5.74) is 0. The van der Waals surface area contributed by atoms with E-state index in [9.17, 15) is 4.79 Å². The Morgan fingerprint density at radius 2 is 2.00 bits per heavy atom. The number of anilines is 1. The molecule has 3 rings (SSSR count). The summed E-state index contributed by atoms with van der Waals surface area (Å²) in [4.78, 5) is 28.9. The second-order valence-electron chi connectivity index (χ2n) is 7.78. The molecule has 0 bridgehead atoms. The van der Waals surface area contributed by atoms with E-state index >= 15 is 0 Å². The van der Waals surface area contributed by atoms with E-state index in [4.69, 9.17) is 4.74 Å². The predicted molar refractivity (Wildman–Crippen MR) is 113 cm³/mol. The Kier molecular flexibility index (Phi) is 8.03. The number of rotatable bonds is 6. The zero-order valence-electron chi connectivity index (χ0n) is 17.5. The minimum Gasteiger partial charge on any atom is -0.376 e. The molecular weight excluding hydrogens is 370 g/mol. The van der Waals surface area contributed by atoms with E-state index in [0.29, 0.717) is 18.5 Å². The number of likely N-dealkylation sites (N-methyl/N-ethyl adjacent to an activating group) is 1. The highest BCUT2D eigenvalue weighted by Gasteiger charge is 2.22. The van der Waals surface area contributed by atoms with Crippen LogP contribution < -0.4 is 15.5 Å². The normalized spacial score (nSPS) is 21.0. The zero-order valence-corrected chi connectivity index (χ0v) is 17.5. The second-order valence-corrected chi connectivity index (χ2v) is 7.78. The van der Waals surface area contributed by atoms with Crippen LogP contribution in [0.3, 0.4) is 0 Å². The molecule has 1 aromatic heterocycles. The van der Waals surface area contributed by atoms with Gasteiger partial charge in [-0.1, -0.05) is 0 Å². The summed E-state index contributed by atoms with van der Waals surface area (Å²) >= 11 is 0. The number of ether oxygens (including phenoxy) is 1. The third-order valence-corrected chi connectivity index (χ3v) is 5.31. The van der Waals surface area contributed by atoms with Gasteiger partial charge in [-0.25, -0.2) is 15.0 Å². The van der Waals surface area contributed by atoms with E-state index in [0.717, 1.165) is 51.3 Å². The van der Waals surface area contributed by atoms with Crippen molar-refractivity contribution in [2.75, 3.05) is 51.8 Å². The standard InChI is InChI=1S/C20H33N7O2/c1-26(2)18(28)15-24-19(23-14-17-6-3-4-13-29-17)25-16-7-11-27(12-8-16)20-21-9-5-10-22-20/h5,9-10,16-17H,3-4,6-8,11-15H2,1-2H3,(H2,23,24,25). The average Bonchev–Trinajstić information content (AvgIpc) is 2.77. The summed E-state index contributed by atoms with van der Waals surface area (Å²) in [6, 6.07) is 2.13. The van der Waals surface area contributed by atoms with Gasteiger partial charge in [-0.2, -0.15) is 0 Å². The molecule has 2 N–H and O–H groups in total. The number of nitrogens with zero attached hydrogens (tertiary/aromatic N) is 5. The first-order valence-corrected chi connectivity index (χ1v) is 10.5. The lowest BCUT2D eigenvalue weighted by Crippen LogP contribution is -2.50. The van der Waals surface area contributed by atoms with E-state index in [1.807, 2.05) is 6.07 Å². The molecule has 0 spiro atoms. The molecule has 0 radical (unpaired) electrons. The highest BCUT2D eigenvalue weighted by molar-refractivity contribution is 5.85. The Morgan fingerprint density at radius 1 is 1.24 bits per heavy atom. The average molecular weight is 404 g/mol. The van der Waals surface area contributed by atoms with Crippen LogP contribution in [-0.4, -0.2) is 85.8 Å². The minimum atomic E-state index is -0.0175. The molecule has 29 heavy (non-hydrogen) atoms. The first kappa shape index (κ1) is 21.3. The minimum absolute atomic E-state index is 0.0175. The summed E-state index contributed by atoms with van der Waals surface area (Å²) < 4.78 is 5.80.